The number of carboxylic acid groups (broad SMARTS) is 1. The van der Waals surface area contributed by atoms with E-state index in [4.69, 9.17) is 15.6 Å². The molecule has 24 heavy (non-hydrogen) atoms. The molecule has 0 aliphatic rings. The Morgan fingerprint density at radius 1 is 1.21 bits per heavy atom. The summed E-state index contributed by atoms with van der Waals surface area (Å²) in [5.74, 6) is -2.47. The number of alkyl halides is 3. The number of amides is 1. The number of hydrogen-bond donors (Lipinski definition) is 2. The SMILES string of the molecule is CC(C)CCNC(=O)[C@@H](N)Cc1ccccc1.O=C([O-])C(F)(F)F. The molecule has 1 atom stereocenters. The molecule has 0 saturated heterocycles. The molecule has 0 fully saturated rings. The second-order valence-electron chi connectivity index (χ2n) is 5.55. The van der Waals surface area contributed by atoms with Crippen molar-refractivity contribution in [1.29, 1.82) is 0 Å². The zero-order valence-electron chi connectivity index (χ0n) is 13.6. The lowest BCUT2D eigenvalue weighted by Gasteiger charge is -2.13. The van der Waals surface area contributed by atoms with E-state index in [1.807, 2.05) is 30.3 Å². The summed E-state index contributed by atoms with van der Waals surface area (Å²) < 4.78 is 31.5. The first-order valence-corrected chi connectivity index (χ1v) is 7.39. The molecule has 1 rings (SSSR count). The van der Waals surface area contributed by atoms with E-state index in [-0.39, 0.29) is 5.91 Å². The second-order valence-corrected chi connectivity index (χ2v) is 5.55. The summed E-state index contributed by atoms with van der Waals surface area (Å²) >= 11 is 0. The van der Waals surface area contributed by atoms with Gasteiger partial charge in [-0.15, -0.1) is 0 Å². The number of aliphatic carboxylic acids is 1. The highest BCUT2D eigenvalue weighted by atomic mass is 19.4. The lowest BCUT2D eigenvalue weighted by Crippen LogP contribution is -2.42. The Morgan fingerprint density at radius 2 is 1.71 bits per heavy atom. The Kier molecular flexibility index (Phi) is 9.71. The van der Waals surface area contributed by atoms with Crippen LogP contribution in [0.4, 0.5) is 13.2 Å². The largest absolute Gasteiger partial charge is 0.542 e. The molecule has 0 heterocycles. The monoisotopic (exact) mass is 347 g/mol. The van der Waals surface area contributed by atoms with E-state index in [9.17, 15) is 18.0 Å². The van der Waals surface area contributed by atoms with Gasteiger partial charge in [0.25, 0.3) is 0 Å². The third kappa shape index (κ3) is 10.6. The molecule has 0 aliphatic heterocycles. The Morgan fingerprint density at radius 3 is 2.12 bits per heavy atom. The Hall–Kier alpha value is -2.09. The maximum atomic E-state index is 11.7. The van der Waals surface area contributed by atoms with Crippen LogP contribution >= 0.6 is 0 Å². The minimum absolute atomic E-state index is 0.0606. The molecule has 0 aromatic heterocycles. The van der Waals surface area contributed by atoms with Gasteiger partial charge in [0.1, 0.15) is 5.97 Å². The standard InChI is InChI=1S/C14H22N2O.C2HF3O2/c1-11(2)8-9-16-14(17)13(15)10-12-6-4-3-5-7-12;3-2(4,5)1(6)7/h3-7,11,13H,8-10,15H2,1-2H3,(H,16,17);(H,6,7)/p-1/t13-;/m0./s1. The number of halogens is 3. The van der Waals surface area contributed by atoms with Crippen molar-refractivity contribution in [3.05, 3.63) is 35.9 Å². The van der Waals surface area contributed by atoms with Gasteiger partial charge in [-0.3, -0.25) is 4.79 Å². The van der Waals surface area contributed by atoms with Gasteiger partial charge in [0, 0.05) is 6.54 Å². The first-order chi connectivity index (χ1) is 11.0. The van der Waals surface area contributed by atoms with Crippen molar-refractivity contribution in [3.8, 4) is 0 Å². The predicted octanol–water partition coefficient (Wildman–Crippen LogP) is 1.02. The van der Waals surface area contributed by atoms with E-state index in [0.29, 0.717) is 18.9 Å². The number of rotatable bonds is 6. The van der Waals surface area contributed by atoms with Crippen LogP contribution in [-0.4, -0.2) is 30.6 Å². The fourth-order valence-electron chi connectivity index (χ4n) is 1.58. The number of nitrogens with one attached hydrogen (secondary N) is 1. The third-order valence-electron chi connectivity index (χ3n) is 2.89. The zero-order valence-corrected chi connectivity index (χ0v) is 13.6. The minimum atomic E-state index is -5.19. The number of hydrogen-bond acceptors (Lipinski definition) is 4. The molecule has 1 amide bonds. The van der Waals surface area contributed by atoms with Gasteiger partial charge in [-0.2, -0.15) is 13.2 Å². The lowest BCUT2D eigenvalue weighted by molar-refractivity contribution is -0.344. The van der Waals surface area contributed by atoms with Crippen molar-refractivity contribution in [1.82, 2.24) is 5.32 Å². The van der Waals surface area contributed by atoms with E-state index in [1.54, 1.807) is 0 Å². The fraction of sp³-hybridized carbons (Fsp3) is 0.500. The topological polar surface area (TPSA) is 95.2 Å². The molecular weight excluding hydrogens is 325 g/mol. The molecule has 3 N–H and O–H groups in total. The van der Waals surface area contributed by atoms with Crippen LogP contribution in [0.25, 0.3) is 0 Å². The summed E-state index contributed by atoms with van der Waals surface area (Å²) in [4.78, 5) is 20.5. The second kappa shape index (κ2) is 10.6. The summed E-state index contributed by atoms with van der Waals surface area (Å²) in [6.45, 7) is 4.98. The molecule has 0 unspecified atom stereocenters. The summed E-state index contributed by atoms with van der Waals surface area (Å²) in [7, 11) is 0. The lowest BCUT2D eigenvalue weighted by atomic mass is 10.1. The van der Waals surface area contributed by atoms with Crippen molar-refractivity contribution in [2.75, 3.05) is 6.54 Å². The van der Waals surface area contributed by atoms with Crippen LogP contribution in [0.3, 0.4) is 0 Å². The van der Waals surface area contributed by atoms with Crippen molar-refractivity contribution in [2.24, 2.45) is 11.7 Å². The molecule has 5 nitrogen and oxygen atoms in total. The number of carboxylic acids is 1. The fourth-order valence-corrected chi connectivity index (χ4v) is 1.58. The molecule has 0 saturated carbocycles. The molecule has 0 bridgehead atoms. The maximum Gasteiger partial charge on any atom is 0.430 e. The zero-order chi connectivity index (χ0) is 18.8. The highest BCUT2D eigenvalue weighted by Crippen LogP contribution is 2.11. The summed E-state index contributed by atoms with van der Waals surface area (Å²) in [6, 6.07) is 9.39. The average Bonchev–Trinajstić information content (AvgIpc) is 2.47. The first-order valence-electron chi connectivity index (χ1n) is 7.39. The quantitative estimate of drug-likeness (QED) is 0.803. The molecular formula is C16H22F3N2O3-. The van der Waals surface area contributed by atoms with Gasteiger partial charge in [0.05, 0.1) is 6.04 Å². The number of carbonyl (C=O) groups is 2. The van der Waals surface area contributed by atoms with E-state index in [0.717, 1.165) is 12.0 Å². The van der Waals surface area contributed by atoms with Gasteiger partial charge in [0.15, 0.2) is 0 Å². The molecule has 1 aromatic carbocycles. The van der Waals surface area contributed by atoms with Gasteiger partial charge in [-0.05, 0) is 24.3 Å². The first kappa shape index (κ1) is 21.9. The summed E-state index contributed by atoms with van der Waals surface area (Å²) in [5.41, 5.74) is 6.95. The molecule has 1 aromatic rings. The van der Waals surface area contributed by atoms with Crippen LogP contribution in [0.5, 0.6) is 0 Å². The summed E-state index contributed by atoms with van der Waals surface area (Å²) in [5, 5.41) is 11.7. The predicted molar refractivity (Wildman–Crippen MR) is 81.6 cm³/mol. The Labute approximate surface area is 139 Å². The molecule has 0 radical (unpaired) electrons. The third-order valence-corrected chi connectivity index (χ3v) is 2.89. The van der Waals surface area contributed by atoms with Crippen LogP contribution < -0.4 is 16.2 Å². The van der Waals surface area contributed by atoms with Crippen LogP contribution in [0.1, 0.15) is 25.8 Å². The van der Waals surface area contributed by atoms with Crippen LogP contribution in [0.2, 0.25) is 0 Å². The molecule has 8 heteroatoms. The minimum Gasteiger partial charge on any atom is -0.542 e. The molecule has 0 aliphatic carbocycles. The van der Waals surface area contributed by atoms with Gasteiger partial charge in [0.2, 0.25) is 5.91 Å². The van der Waals surface area contributed by atoms with Crippen LogP contribution in [0, 0.1) is 5.92 Å². The van der Waals surface area contributed by atoms with Crippen LogP contribution in [0.15, 0.2) is 30.3 Å². The van der Waals surface area contributed by atoms with Gasteiger partial charge < -0.3 is 21.0 Å². The van der Waals surface area contributed by atoms with Crippen LogP contribution in [-0.2, 0) is 16.0 Å². The van der Waals surface area contributed by atoms with Crippen molar-refractivity contribution in [2.45, 2.75) is 38.9 Å². The van der Waals surface area contributed by atoms with E-state index in [2.05, 4.69) is 19.2 Å². The van der Waals surface area contributed by atoms with Gasteiger partial charge >= 0.3 is 6.18 Å². The van der Waals surface area contributed by atoms with E-state index in [1.165, 1.54) is 0 Å². The highest BCUT2D eigenvalue weighted by molar-refractivity contribution is 5.81. The number of nitrogens with two attached hydrogens (primary N) is 1. The maximum absolute atomic E-state index is 11.7. The van der Waals surface area contributed by atoms with E-state index < -0.39 is 18.2 Å². The normalized spacial score (nSPS) is 12.1. The van der Waals surface area contributed by atoms with Gasteiger partial charge in [-0.1, -0.05) is 44.2 Å². The van der Waals surface area contributed by atoms with E-state index >= 15 is 0 Å². The Bertz CT molecular complexity index is 505. The summed E-state index contributed by atoms with van der Waals surface area (Å²) in [6.07, 6.45) is -3.61. The van der Waals surface area contributed by atoms with Gasteiger partial charge in [-0.25, -0.2) is 0 Å². The smallest absolute Gasteiger partial charge is 0.430 e. The average molecular weight is 347 g/mol. The Balaban J connectivity index is 0.000000640. The van der Waals surface area contributed by atoms with Crippen molar-refractivity contribution >= 4 is 11.9 Å². The number of benzene rings is 1. The molecule has 136 valence electrons. The van der Waals surface area contributed by atoms with Crippen molar-refractivity contribution < 1.29 is 27.9 Å². The number of carbonyl (C=O) groups excluding carboxylic acids is 2. The highest BCUT2D eigenvalue weighted by Gasteiger charge is 2.28. The molecule has 0 spiro atoms. The van der Waals surface area contributed by atoms with Crippen molar-refractivity contribution in [3.63, 3.8) is 0 Å².